The minimum Gasteiger partial charge on any atom is -0.344 e. The van der Waals surface area contributed by atoms with E-state index >= 15 is 0 Å². The molecule has 0 aliphatic heterocycles. The first-order valence-electron chi connectivity index (χ1n) is 4.75. The molecule has 1 aromatic heterocycles. The van der Waals surface area contributed by atoms with E-state index in [0.717, 1.165) is 10.4 Å². The molecule has 3 N–H and O–H groups in total. The summed E-state index contributed by atoms with van der Waals surface area (Å²) in [4.78, 5) is 7.60. The average Bonchev–Trinajstić information content (AvgIpc) is 2.72. The van der Waals surface area contributed by atoms with Gasteiger partial charge in [-0.1, -0.05) is 12.8 Å². The first kappa shape index (κ1) is 9.21. The Bertz CT molecular complexity index is 289. The van der Waals surface area contributed by atoms with Gasteiger partial charge in [0, 0.05) is 5.92 Å². The van der Waals surface area contributed by atoms with Crippen molar-refractivity contribution in [2.45, 2.75) is 38.1 Å². The van der Waals surface area contributed by atoms with Crippen LogP contribution in [0.5, 0.6) is 0 Å². The maximum Gasteiger partial charge on any atom is 0.127 e. The Morgan fingerprint density at radius 1 is 1.46 bits per heavy atom. The van der Waals surface area contributed by atoms with Crippen LogP contribution in [-0.4, -0.2) is 9.97 Å². The van der Waals surface area contributed by atoms with Gasteiger partial charge in [0.1, 0.15) is 10.4 Å². The number of imidazole rings is 1. The predicted molar refractivity (Wildman–Crippen MR) is 55.4 cm³/mol. The highest BCUT2D eigenvalue weighted by molar-refractivity contribution is 9.10. The van der Waals surface area contributed by atoms with Crippen LogP contribution in [0, 0.1) is 0 Å². The number of aromatic nitrogens is 2. The van der Waals surface area contributed by atoms with E-state index in [1.165, 1.54) is 31.4 Å². The second-order valence-corrected chi connectivity index (χ2v) is 4.32. The number of halogens is 1. The molecule has 3 nitrogen and oxygen atoms in total. The second-order valence-electron chi connectivity index (χ2n) is 3.57. The molecule has 1 aliphatic carbocycles. The van der Waals surface area contributed by atoms with Crippen LogP contribution in [0.3, 0.4) is 0 Å². The van der Waals surface area contributed by atoms with Gasteiger partial charge < -0.3 is 10.7 Å². The maximum atomic E-state index is 5.52. The van der Waals surface area contributed by atoms with Gasteiger partial charge in [0.25, 0.3) is 0 Å². The number of hydrogen-bond acceptors (Lipinski definition) is 2. The number of nitrogens with two attached hydrogens (primary N) is 1. The van der Waals surface area contributed by atoms with E-state index in [-0.39, 0.29) is 0 Å². The van der Waals surface area contributed by atoms with Gasteiger partial charge >= 0.3 is 0 Å². The van der Waals surface area contributed by atoms with Gasteiger partial charge in [-0.15, -0.1) is 0 Å². The number of H-pyrrole nitrogens is 1. The van der Waals surface area contributed by atoms with Crippen LogP contribution in [0.15, 0.2) is 4.60 Å². The largest absolute Gasteiger partial charge is 0.344 e. The zero-order chi connectivity index (χ0) is 9.26. The van der Waals surface area contributed by atoms with Crippen molar-refractivity contribution in [2.75, 3.05) is 0 Å². The van der Waals surface area contributed by atoms with E-state index in [2.05, 4.69) is 25.9 Å². The highest BCUT2D eigenvalue weighted by Gasteiger charge is 2.21. The van der Waals surface area contributed by atoms with Gasteiger partial charge in [0.05, 0.1) is 12.2 Å². The van der Waals surface area contributed by atoms with Crippen molar-refractivity contribution in [3.8, 4) is 0 Å². The van der Waals surface area contributed by atoms with Gasteiger partial charge in [-0.05, 0) is 28.8 Å². The summed E-state index contributed by atoms with van der Waals surface area (Å²) in [6.45, 7) is 0.491. The Labute approximate surface area is 86.3 Å². The lowest BCUT2D eigenvalue weighted by atomic mass is 10.1. The molecule has 0 radical (unpaired) electrons. The summed E-state index contributed by atoms with van der Waals surface area (Å²) >= 11 is 3.47. The monoisotopic (exact) mass is 243 g/mol. The van der Waals surface area contributed by atoms with Crippen molar-refractivity contribution in [2.24, 2.45) is 5.73 Å². The van der Waals surface area contributed by atoms with Crippen LogP contribution in [0.25, 0.3) is 0 Å². The third-order valence-electron chi connectivity index (χ3n) is 2.69. The Morgan fingerprint density at radius 3 is 2.69 bits per heavy atom. The Kier molecular flexibility index (Phi) is 2.69. The van der Waals surface area contributed by atoms with Crippen LogP contribution in [0.1, 0.15) is 43.1 Å². The molecule has 1 aliphatic rings. The molecule has 2 rings (SSSR count). The Balaban J connectivity index is 2.22. The Hall–Kier alpha value is -0.350. The molecule has 72 valence electrons. The van der Waals surface area contributed by atoms with Gasteiger partial charge in [-0.25, -0.2) is 4.98 Å². The van der Waals surface area contributed by atoms with Gasteiger partial charge in [-0.2, -0.15) is 0 Å². The maximum absolute atomic E-state index is 5.52. The van der Waals surface area contributed by atoms with Crippen molar-refractivity contribution >= 4 is 15.9 Å². The van der Waals surface area contributed by atoms with Gasteiger partial charge in [-0.3, -0.25) is 0 Å². The van der Waals surface area contributed by atoms with Crippen molar-refractivity contribution in [1.29, 1.82) is 0 Å². The molecule has 0 unspecified atom stereocenters. The van der Waals surface area contributed by atoms with Crippen molar-refractivity contribution in [3.63, 3.8) is 0 Å². The molecule has 4 heteroatoms. The lowest BCUT2D eigenvalue weighted by molar-refractivity contribution is 0.695. The van der Waals surface area contributed by atoms with E-state index in [4.69, 9.17) is 5.73 Å². The number of aromatic amines is 1. The second kappa shape index (κ2) is 3.80. The molecular formula is C9H14BrN3. The summed E-state index contributed by atoms with van der Waals surface area (Å²) in [5.74, 6) is 1.55. The molecule has 1 fully saturated rings. The molecule has 1 saturated carbocycles. The fourth-order valence-electron chi connectivity index (χ4n) is 2.00. The number of hydrogen-bond donors (Lipinski definition) is 2. The van der Waals surface area contributed by atoms with Gasteiger partial charge in [0.15, 0.2) is 0 Å². The first-order chi connectivity index (χ1) is 6.31. The van der Waals surface area contributed by atoms with Crippen LogP contribution in [-0.2, 0) is 6.54 Å². The number of nitrogens with zero attached hydrogens (tertiary/aromatic N) is 1. The van der Waals surface area contributed by atoms with E-state index in [9.17, 15) is 0 Å². The standard InChI is InChI=1S/C9H14BrN3/c10-9-8(6-3-1-2-4-6)12-7(5-11)13-9/h6H,1-5,11H2,(H,12,13). The molecule has 0 amide bonds. The summed E-state index contributed by atoms with van der Waals surface area (Å²) in [6.07, 6.45) is 5.25. The third-order valence-corrected chi connectivity index (χ3v) is 3.30. The number of nitrogens with one attached hydrogen (secondary N) is 1. The van der Waals surface area contributed by atoms with Gasteiger partial charge in [0.2, 0.25) is 0 Å². The summed E-state index contributed by atoms with van der Waals surface area (Å²) < 4.78 is 0.958. The predicted octanol–water partition coefficient (Wildman–Crippen LogP) is 2.29. The molecule has 0 spiro atoms. The summed E-state index contributed by atoms with van der Waals surface area (Å²) in [6, 6.07) is 0. The van der Waals surface area contributed by atoms with Crippen molar-refractivity contribution in [1.82, 2.24) is 9.97 Å². The highest BCUT2D eigenvalue weighted by atomic mass is 79.9. The Morgan fingerprint density at radius 2 is 2.15 bits per heavy atom. The van der Waals surface area contributed by atoms with E-state index < -0.39 is 0 Å². The van der Waals surface area contributed by atoms with E-state index in [1.807, 2.05) is 0 Å². The van der Waals surface area contributed by atoms with Crippen LogP contribution < -0.4 is 5.73 Å². The number of rotatable bonds is 2. The minimum atomic E-state index is 0.491. The highest BCUT2D eigenvalue weighted by Crippen LogP contribution is 2.36. The molecule has 0 saturated heterocycles. The summed E-state index contributed by atoms with van der Waals surface area (Å²) in [7, 11) is 0. The molecule has 1 heterocycles. The van der Waals surface area contributed by atoms with E-state index in [1.54, 1.807) is 0 Å². The molecule has 1 aromatic rings. The molecular weight excluding hydrogens is 230 g/mol. The average molecular weight is 244 g/mol. The quantitative estimate of drug-likeness (QED) is 0.838. The molecule has 13 heavy (non-hydrogen) atoms. The topological polar surface area (TPSA) is 54.7 Å². The molecule has 0 bridgehead atoms. The fourth-order valence-corrected chi connectivity index (χ4v) is 2.63. The van der Waals surface area contributed by atoms with Crippen molar-refractivity contribution in [3.05, 3.63) is 16.1 Å². The van der Waals surface area contributed by atoms with Crippen LogP contribution >= 0.6 is 15.9 Å². The van der Waals surface area contributed by atoms with Crippen molar-refractivity contribution < 1.29 is 0 Å². The molecule has 0 aromatic carbocycles. The normalized spacial score (nSPS) is 18.3. The lowest BCUT2D eigenvalue weighted by Gasteiger charge is -2.05. The molecule has 0 atom stereocenters. The smallest absolute Gasteiger partial charge is 0.127 e. The zero-order valence-electron chi connectivity index (χ0n) is 7.52. The first-order valence-corrected chi connectivity index (χ1v) is 5.55. The lowest BCUT2D eigenvalue weighted by Crippen LogP contribution is -1.99. The summed E-state index contributed by atoms with van der Waals surface area (Å²) in [5, 5.41) is 0. The third kappa shape index (κ3) is 1.79. The van der Waals surface area contributed by atoms with Crippen LogP contribution in [0.4, 0.5) is 0 Å². The fraction of sp³-hybridized carbons (Fsp3) is 0.667. The minimum absolute atomic E-state index is 0.491. The SMILES string of the molecule is NCc1nc(Br)c(C2CCCC2)[nH]1. The summed E-state index contributed by atoms with van der Waals surface area (Å²) in [5.41, 5.74) is 6.76. The zero-order valence-corrected chi connectivity index (χ0v) is 9.10. The van der Waals surface area contributed by atoms with Crippen LogP contribution in [0.2, 0.25) is 0 Å². The van der Waals surface area contributed by atoms with E-state index in [0.29, 0.717) is 12.5 Å².